The Kier molecular flexibility index (Phi) is 5.98. The minimum atomic E-state index is -1.11. The van der Waals surface area contributed by atoms with Crippen molar-refractivity contribution in [2.45, 2.75) is 25.9 Å². The van der Waals surface area contributed by atoms with E-state index in [1.165, 1.54) is 0 Å². The van der Waals surface area contributed by atoms with E-state index in [4.69, 9.17) is 16.3 Å². The fourth-order valence-electron chi connectivity index (χ4n) is 3.16. The van der Waals surface area contributed by atoms with Crippen molar-refractivity contribution < 1.29 is 9.53 Å². The summed E-state index contributed by atoms with van der Waals surface area (Å²) in [7, 11) is 0. The molecular weight excluding hydrogens is 356 g/mol. The number of hydrogen-bond donors (Lipinski definition) is 0. The van der Waals surface area contributed by atoms with Gasteiger partial charge in [0.25, 0.3) is 0 Å². The van der Waals surface area contributed by atoms with Crippen molar-refractivity contribution in [3.8, 4) is 0 Å². The molecule has 0 bridgehead atoms. The van der Waals surface area contributed by atoms with Gasteiger partial charge in [-0.25, -0.2) is 0 Å². The van der Waals surface area contributed by atoms with Gasteiger partial charge in [0.05, 0.1) is 5.92 Å². The molecular formula is C24H23ClO2. The van der Waals surface area contributed by atoms with Gasteiger partial charge < -0.3 is 4.74 Å². The van der Waals surface area contributed by atoms with Gasteiger partial charge in [0.2, 0.25) is 0 Å². The highest BCUT2D eigenvalue weighted by Crippen LogP contribution is 2.43. The topological polar surface area (TPSA) is 26.3 Å². The van der Waals surface area contributed by atoms with E-state index in [9.17, 15) is 4.79 Å². The summed E-state index contributed by atoms with van der Waals surface area (Å²) in [5.74, 6) is -0.454. The van der Waals surface area contributed by atoms with E-state index >= 15 is 0 Å². The molecule has 0 saturated heterocycles. The van der Waals surface area contributed by atoms with Crippen LogP contribution in [0.15, 0.2) is 84.9 Å². The summed E-state index contributed by atoms with van der Waals surface area (Å²) in [6, 6.07) is 27.1. The molecule has 0 aliphatic rings. The van der Waals surface area contributed by atoms with Crippen LogP contribution in [0.4, 0.5) is 0 Å². The average molecular weight is 379 g/mol. The minimum absolute atomic E-state index is 0.209. The van der Waals surface area contributed by atoms with Gasteiger partial charge in [0, 0.05) is 21.7 Å². The van der Waals surface area contributed by atoms with E-state index in [2.05, 4.69) is 0 Å². The standard InChI is InChI=1S/C24H23ClO2/c1-3-18(2)23(26)27-24(19-12-6-4-7-13-19,20-14-8-5-9-15-20)21-16-10-11-17-22(21)25/h4-18H,3H2,1-2H3. The molecule has 0 radical (unpaired) electrons. The first-order valence-electron chi connectivity index (χ1n) is 9.18. The van der Waals surface area contributed by atoms with Crippen molar-refractivity contribution in [1.82, 2.24) is 0 Å². The lowest BCUT2D eigenvalue weighted by Gasteiger charge is -2.36. The first-order chi connectivity index (χ1) is 13.1. The van der Waals surface area contributed by atoms with Crippen LogP contribution >= 0.6 is 11.6 Å². The van der Waals surface area contributed by atoms with Crippen molar-refractivity contribution in [3.05, 3.63) is 107 Å². The molecule has 1 atom stereocenters. The van der Waals surface area contributed by atoms with Crippen LogP contribution in [0.2, 0.25) is 5.02 Å². The molecule has 1 unspecified atom stereocenters. The quantitative estimate of drug-likeness (QED) is 0.376. The molecule has 0 amide bonds. The molecule has 0 aliphatic heterocycles. The van der Waals surface area contributed by atoms with Gasteiger partial charge in [0.15, 0.2) is 5.60 Å². The fraction of sp³-hybridized carbons (Fsp3) is 0.208. The largest absolute Gasteiger partial charge is 0.444 e. The normalized spacial score (nSPS) is 12.4. The van der Waals surface area contributed by atoms with Gasteiger partial charge in [0.1, 0.15) is 0 Å². The van der Waals surface area contributed by atoms with Gasteiger partial charge in [-0.2, -0.15) is 0 Å². The molecule has 27 heavy (non-hydrogen) atoms. The zero-order valence-corrected chi connectivity index (χ0v) is 16.3. The van der Waals surface area contributed by atoms with Crippen LogP contribution in [0, 0.1) is 5.92 Å². The molecule has 3 aromatic rings. The molecule has 0 N–H and O–H groups in total. The second-order valence-electron chi connectivity index (χ2n) is 6.62. The maximum absolute atomic E-state index is 13.0. The van der Waals surface area contributed by atoms with Crippen LogP contribution in [0.3, 0.4) is 0 Å². The highest BCUT2D eigenvalue weighted by molar-refractivity contribution is 6.31. The molecule has 3 rings (SSSR count). The number of ether oxygens (including phenoxy) is 1. The molecule has 3 heteroatoms. The maximum Gasteiger partial charge on any atom is 0.310 e. The average Bonchev–Trinajstić information content (AvgIpc) is 2.73. The zero-order chi connectivity index (χ0) is 19.3. The monoisotopic (exact) mass is 378 g/mol. The van der Waals surface area contributed by atoms with Crippen molar-refractivity contribution in [2.24, 2.45) is 5.92 Å². The summed E-state index contributed by atoms with van der Waals surface area (Å²) in [6.45, 7) is 3.86. The van der Waals surface area contributed by atoms with Crippen LogP contribution in [0.5, 0.6) is 0 Å². The highest BCUT2D eigenvalue weighted by atomic mass is 35.5. The van der Waals surface area contributed by atoms with Crippen molar-refractivity contribution in [3.63, 3.8) is 0 Å². The van der Waals surface area contributed by atoms with Gasteiger partial charge >= 0.3 is 5.97 Å². The third-order valence-corrected chi connectivity index (χ3v) is 5.21. The summed E-state index contributed by atoms with van der Waals surface area (Å²) in [6.07, 6.45) is 0.709. The SMILES string of the molecule is CCC(C)C(=O)OC(c1ccccc1)(c1ccccc1)c1ccccc1Cl. The summed E-state index contributed by atoms with van der Waals surface area (Å²) in [4.78, 5) is 13.0. The predicted octanol–water partition coefficient (Wildman–Crippen LogP) is 6.22. The third kappa shape index (κ3) is 3.77. The van der Waals surface area contributed by atoms with Gasteiger partial charge in [-0.1, -0.05) is 104 Å². The Morgan fingerprint density at radius 3 is 1.85 bits per heavy atom. The maximum atomic E-state index is 13.0. The second-order valence-corrected chi connectivity index (χ2v) is 7.03. The van der Waals surface area contributed by atoms with Crippen LogP contribution in [0.25, 0.3) is 0 Å². The number of hydrogen-bond acceptors (Lipinski definition) is 2. The molecule has 0 spiro atoms. The van der Waals surface area contributed by atoms with Gasteiger partial charge in [-0.3, -0.25) is 4.79 Å². The highest BCUT2D eigenvalue weighted by Gasteiger charge is 2.42. The Labute approximate surface area is 165 Å². The first-order valence-corrected chi connectivity index (χ1v) is 9.56. The van der Waals surface area contributed by atoms with Crippen molar-refractivity contribution in [1.29, 1.82) is 0 Å². The smallest absolute Gasteiger partial charge is 0.310 e. The molecule has 0 heterocycles. The number of carbonyl (C=O) groups is 1. The van der Waals surface area contributed by atoms with Crippen LogP contribution in [0.1, 0.15) is 37.0 Å². The number of rotatable bonds is 6. The molecule has 0 aliphatic carbocycles. The van der Waals surface area contributed by atoms with Crippen LogP contribution < -0.4 is 0 Å². The first kappa shape index (κ1) is 19.2. The predicted molar refractivity (Wildman–Crippen MR) is 110 cm³/mol. The van der Waals surface area contributed by atoms with E-state index in [-0.39, 0.29) is 11.9 Å². The lowest BCUT2D eigenvalue weighted by Crippen LogP contribution is -2.37. The van der Waals surface area contributed by atoms with Crippen molar-refractivity contribution >= 4 is 17.6 Å². The van der Waals surface area contributed by atoms with E-state index in [0.717, 1.165) is 16.7 Å². The van der Waals surface area contributed by atoms with Gasteiger partial charge in [-0.05, 0) is 12.5 Å². The Morgan fingerprint density at radius 1 is 0.889 bits per heavy atom. The van der Waals surface area contributed by atoms with E-state index in [0.29, 0.717) is 11.4 Å². The second kappa shape index (κ2) is 8.41. The Balaban J connectivity index is 2.32. The molecule has 3 aromatic carbocycles. The third-order valence-electron chi connectivity index (χ3n) is 4.88. The van der Waals surface area contributed by atoms with Crippen LogP contribution in [-0.2, 0) is 15.1 Å². The fourth-order valence-corrected chi connectivity index (χ4v) is 3.43. The van der Waals surface area contributed by atoms with E-state index in [1.54, 1.807) is 0 Å². The summed E-state index contributed by atoms with van der Waals surface area (Å²) >= 11 is 6.61. The molecule has 0 aromatic heterocycles. The summed E-state index contributed by atoms with van der Waals surface area (Å²) in [5.41, 5.74) is 1.36. The van der Waals surface area contributed by atoms with Crippen molar-refractivity contribution in [2.75, 3.05) is 0 Å². The van der Waals surface area contributed by atoms with Crippen LogP contribution in [-0.4, -0.2) is 5.97 Å². The minimum Gasteiger partial charge on any atom is -0.444 e. The lowest BCUT2D eigenvalue weighted by atomic mass is 9.80. The molecule has 0 fully saturated rings. The Morgan fingerprint density at radius 2 is 1.37 bits per heavy atom. The number of halogens is 1. The summed E-state index contributed by atoms with van der Waals surface area (Å²) in [5, 5.41) is 0.558. The Bertz CT molecular complexity index is 851. The zero-order valence-electron chi connectivity index (χ0n) is 15.6. The Hall–Kier alpha value is -2.58. The lowest BCUT2D eigenvalue weighted by molar-refractivity contribution is -0.158. The number of esters is 1. The number of carbonyl (C=O) groups excluding carboxylic acids is 1. The summed E-state index contributed by atoms with van der Waals surface area (Å²) < 4.78 is 6.31. The van der Waals surface area contributed by atoms with E-state index < -0.39 is 5.60 Å². The van der Waals surface area contributed by atoms with E-state index in [1.807, 2.05) is 98.8 Å². The molecule has 138 valence electrons. The number of benzene rings is 3. The molecule has 0 saturated carbocycles. The molecule has 2 nitrogen and oxygen atoms in total. The van der Waals surface area contributed by atoms with Gasteiger partial charge in [-0.15, -0.1) is 0 Å².